The molecular formula is C20H15ClN2O2S. The first-order chi connectivity index (χ1) is 12.6. The van der Waals surface area contributed by atoms with E-state index < -0.39 is 0 Å². The highest BCUT2D eigenvalue weighted by atomic mass is 35.5. The van der Waals surface area contributed by atoms with Crippen LogP contribution in [0.4, 0.5) is 11.4 Å². The minimum atomic E-state index is -0.262. The number of halogens is 1. The van der Waals surface area contributed by atoms with Crippen molar-refractivity contribution in [3.8, 4) is 0 Å². The lowest BCUT2D eigenvalue weighted by molar-refractivity contribution is -0.111. The van der Waals surface area contributed by atoms with Gasteiger partial charge >= 0.3 is 0 Å². The van der Waals surface area contributed by atoms with Crippen LogP contribution in [-0.4, -0.2) is 11.8 Å². The van der Waals surface area contributed by atoms with Crippen LogP contribution < -0.4 is 10.6 Å². The van der Waals surface area contributed by atoms with Crippen molar-refractivity contribution in [2.75, 3.05) is 10.6 Å². The number of carbonyl (C=O) groups is 2. The van der Waals surface area contributed by atoms with Crippen LogP contribution in [0.5, 0.6) is 0 Å². The molecule has 4 nitrogen and oxygen atoms in total. The van der Waals surface area contributed by atoms with E-state index in [2.05, 4.69) is 10.6 Å². The molecule has 0 aliphatic rings. The summed E-state index contributed by atoms with van der Waals surface area (Å²) in [6.07, 6.45) is 3.15. The van der Waals surface area contributed by atoms with Gasteiger partial charge in [-0.15, -0.1) is 11.3 Å². The third-order valence-electron chi connectivity index (χ3n) is 3.43. The fraction of sp³-hybridized carbons (Fsp3) is 0. The minimum absolute atomic E-state index is 0.175. The van der Waals surface area contributed by atoms with Crippen LogP contribution in [0, 0.1) is 0 Å². The minimum Gasteiger partial charge on any atom is -0.322 e. The van der Waals surface area contributed by atoms with Gasteiger partial charge in [0.05, 0.1) is 4.88 Å². The van der Waals surface area contributed by atoms with Crippen molar-refractivity contribution in [3.05, 3.63) is 87.6 Å². The first-order valence-electron chi connectivity index (χ1n) is 7.80. The molecule has 3 rings (SSSR count). The molecule has 0 radical (unpaired) electrons. The first kappa shape index (κ1) is 17.9. The Labute approximate surface area is 160 Å². The number of benzene rings is 2. The molecule has 0 aliphatic carbocycles. The molecule has 0 fully saturated rings. The van der Waals surface area contributed by atoms with Crippen LogP contribution >= 0.6 is 22.9 Å². The third kappa shape index (κ3) is 5.05. The van der Waals surface area contributed by atoms with Crippen LogP contribution in [-0.2, 0) is 4.79 Å². The normalized spacial score (nSPS) is 10.7. The second-order valence-corrected chi connectivity index (χ2v) is 6.77. The lowest BCUT2D eigenvalue weighted by Gasteiger charge is -2.07. The third-order valence-corrected chi connectivity index (χ3v) is 4.55. The number of hydrogen-bond donors (Lipinski definition) is 2. The smallest absolute Gasteiger partial charge is 0.265 e. The van der Waals surface area contributed by atoms with Gasteiger partial charge in [0.15, 0.2) is 0 Å². The molecule has 0 saturated carbocycles. The standard InChI is InChI=1S/C20H15ClN2O2S/c21-15-9-6-14(7-10-15)8-11-19(24)22-16-3-1-4-17(13-16)23-20(25)18-5-2-12-26-18/h1-13H,(H,22,24)(H,23,25). The molecule has 26 heavy (non-hydrogen) atoms. The SMILES string of the molecule is O=C(C=Cc1ccc(Cl)cc1)Nc1cccc(NC(=O)c2cccs2)c1. The molecule has 0 atom stereocenters. The summed E-state index contributed by atoms with van der Waals surface area (Å²) in [5.41, 5.74) is 2.09. The Hall–Kier alpha value is -2.89. The van der Waals surface area contributed by atoms with Gasteiger partial charge in [0, 0.05) is 22.5 Å². The largest absolute Gasteiger partial charge is 0.322 e. The van der Waals surface area contributed by atoms with Gasteiger partial charge < -0.3 is 10.6 Å². The van der Waals surface area contributed by atoms with E-state index in [0.717, 1.165) is 5.56 Å². The molecule has 0 saturated heterocycles. The Morgan fingerprint density at radius 3 is 2.35 bits per heavy atom. The summed E-state index contributed by atoms with van der Waals surface area (Å²) < 4.78 is 0. The molecule has 0 aliphatic heterocycles. The predicted molar refractivity (Wildman–Crippen MR) is 108 cm³/mol. The molecule has 0 unspecified atom stereocenters. The predicted octanol–water partition coefficient (Wildman–Crippen LogP) is 5.31. The summed E-state index contributed by atoms with van der Waals surface area (Å²) >= 11 is 7.20. The van der Waals surface area contributed by atoms with E-state index >= 15 is 0 Å². The molecule has 2 N–H and O–H groups in total. The molecule has 2 amide bonds. The zero-order valence-electron chi connectivity index (χ0n) is 13.6. The van der Waals surface area contributed by atoms with Crippen molar-refractivity contribution in [1.29, 1.82) is 0 Å². The summed E-state index contributed by atoms with van der Waals surface area (Å²) in [6, 6.07) is 17.8. The topological polar surface area (TPSA) is 58.2 Å². The van der Waals surface area contributed by atoms with Crippen molar-refractivity contribution in [2.45, 2.75) is 0 Å². The maximum atomic E-state index is 12.1. The number of carbonyl (C=O) groups excluding carboxylic acids is 2. The van der Waals surface area contributed by atoms with Gasteiger partial charge in [-0.25, -0.2) is 0 Å². The quantitative estimate of drug-likeness (QED) is 0.588. The number of anilines is 2. The lowest BCUT2D eigenvalue weighted by atomic mass is 10.2. The highest BCUT2D eigenvalue weighted by molar-refractivity contribution is 7.12. The summed E-state index contributed by atoms with van der Waals surface area (Å²) in [7, 11) is 0. The van der Waals surface area contributed by atoms with Gasteiger partial charge in [-0.3, -0.25) is 9.59 Å². The van der Waals surface area contributed by atoms with E-state index in [1.807, 2.05) is 23.6 Å². The van der Waals surface area contributed by atoms with Gasteiger partial charge in [0.25, 0.3) is 5.91 Å². The Bertz CT molecular complexity index is 935. The second-order valence-electron chi connectivity index (χ2n) is 5.39. The van der Waals surface area contributed by atoms with E-state index in [1.54, 1.807) is 48.5 Å². The average molecular weight is 383 g/mol. The first-order valence-corrected chi connectivity index (χ1v) is 9.05. The number of thiophene rings is 1. The zero-order valence-corrected chi connectivity index (χ0v) is 15.2. The second kappa shape index (κ2) is 8.47. The van der Waals surface area contributed by atoms with Gasteiger partial charge in [-0.2, -0.15) is 0 Å². The van der Waals surface area contributed by atoms with Crippen LogP contribution in [0.1, 0.15) is 15.2 Å². The highest BCUT2D eigenvalue weighted by Gasteiger charge is 2.07. The van der Waals surface area contributed by atoms with Gasteiger partial charge in [0.1, 0.15) is 0 Å². The molecule has 0 bridgehead atoms. The summed E-state index contributed by atoms with van der Waals surface area (Å²) in [4.78, 5) is 24.8. The fourth-order valence-electron chi connectivity index (χ4n) is 2.20. The van der Waals surface area contributed by atoms with Crippen molar-refractivity contribution >= 4 is 52.2 Å². The van der Waals surface area contributed by atoms with E-state index in [9.17, 15) is 9.59 Å². The van der Waals surface area contributed by atoms with E-state index in [-0.39, 0.29) is 11.8 Å². The summed E-state index contributed by atoms with van der Waals surface area (Å²) in [5, 5.41) is 8.07. The van der Waals surface area contributed by atoms with Crippen molar-refractivity contribution in [2.24, 2.45) is 0 Å². The molecule has 2 aromatic carbocycles. The van der Waals surface area contributed by atoms with Gasteiger partial charge in [-0.05, 0) is 53.4 Å². The van der Waals surface area contributed by atoms with E-state index in [1.165, 1.54) is 17.4 Å². The van der Waals surface area contributed by atoms with Crippen LogP contribution in [0.25, 0.3) is 6.08 Å². The Kier molecular flexibility index (Phi) is 5.84. The van der Waals surface area contributed by atoms with Crippen LogP contribution in [0.15, 0.2) is 72.1 Å². The Morgan fingerprint density at radius 2 is 1.65 bits per heavy atom. The molecule has 1 heterocycles. The number of nitrogens with one attached hydrogen (secondary N) is 2. The fourth-order valence-corrected chi connectivity index (χ4v) is 2.95. The molecule has 3 aromatic rings. The van der Waals surface area contributed by atoms with Gasteiger partial charge in [-0.1, -0.05) is 35.9 Å². The Balaban J connectivity index is 1.61. The van der Waals surface area contributed by atoms with E-state index in [0.29, 0.717) is 21.3 Å². The molecule has 1 aromatic heterocycles. The van der Waals surface area contributed by atoms with Gasteiger partial charge in [0.2, 0.25) is 5.91 Å². The van der Waals surface area contributed by atoms with Crippen LogP contribution in [0.3, 0.4) is 0 Å². The number of rotatable bonds is 5. The molecule has 6 heteroatoms. The highest BCUT2D eigenvalue weighted by Crippen LogP contribution is 2.18. The molecule has 130 valence electrons. The molecular weight excluding hydrogens is 368 g/mol. The van der Waals surface area contributed by atoms with Crippen molar-refractivity contribution in [1.82, 2.24) is 0 Å². The lowest BCUT2D eigenvalue weighted by Crippen LogP contribution is -2.11. The van der Waals surface area contributed by atoms with Crippen molar-refractivity contribution < 1.29 is 9.59 Å². The maximum absolute atomic E-state index is 12.1. The zero-order chi connectivity index (χ0) is 18.4. The summed E-state index contributed by atoms with van der Waals surface area (Å²) in [6.45, 7) is 0. The number of amides is 2. The average Bonchev–Trinajstić information content (AvgIpc) is 3.16. The van der Waals surface area contributed by atoms with E-state index in [4.69, 9.17) is 11.6 Å². The Morgan fingerprint density at radius 1 is 0.923 bits per heavy atom. The monoisotopic (exact) mass is 382 g/mol. The van der Waals surface area contributed by atoms with Crippen molar-refractivity contribution in [3.63, 3.8) is 0 Å². The maximum Gasteiger partial charge on any atom is 0.265 e. The summed E-state index contributed by atoms with van der Waals surface area (Å²) in [5.74, 6) is -0.437. The van der Waals surface area contributed by atoms with Crippen LogP contribution in [0.2, 0.25) is 5.02 Å². The molecule has 0 spiro atoms. The number of hydrogen-bond acceptors (Lipinski definition) is 3.